The van der Waals surface area contributed by atoms with E-state index in [-0.39, 0.29) is 0 Å². The lowest BCUT2D eigenvalue weighted by Gasteiger charge is -2.29. The van der Waals surface area contributed by atoms with E-state index in [4.69, 9.17) is 4.74 Å². The number of fused-ring (bicyclic) bond motifs is 1. The van der Waals surface area contributed by atoms with E-state index in [1.54, 1.807) is 19.2 Å². The molecule has 0 fully saturated rings. The molecular formula is C20H26N2O3S. The molecule has 0 aliphatic carbocycles. The van der Waals surface area contributed by atoms with Gasteiger partial charge < -0.3 is 4.74 Å². The van der Waals surface area contributed by atoms with Crippen molar-refractivity contribution in [1.29, 1.82) is 0 Å². The van der Waals surface area contributed by atoms with Gasteiger partial charge in [0.15, 0.2) is 0 Å². The Balaban J connectivity index is 1.47. The molecule has 3 rings (SSSR count). The quantitative estimate of drug-likeness (QED) is 0.757. The first kappa shape index (κ1) is 18.9. The number of rotatable bonds is 7. The summed E-state index contributed by atoms with van der Waals surface area (Å²) in [4.78, 5) is 2.69. The Hall–Kier alpha value is -1.89. The smallest absolute Gasteiger partial charge is 0.240 e. The zero-order valence-corrected chi connectivity index (χ0v) is 16.2. The first-order chi connectivity index (χ1) is 12.5. The summed E-state index contributed by atoms with van der Waals surface area (Å²) in [7, 11) is -1.73. The number of hydrogen-bond acceptors (Lipinski definition) is 4. The van der Waals surface area contributed by atoms with Gasteiger partial charge in [0, 0.05) is 19.6 Å². The van der Waals surface area contributed by atoms with Crippen LogP contribution in [-0.2, 0) is 23.0 Å². The standard InChI is InChI=1S/C20H26N2O3S/c1-16-4-8-20(9-5-16)26(23,24)21-11-3-12-22-13-10-17-14-19(25-2)7-6-18(17)15-22/h4-9,14,21H,3,10-13,15H2,1-2H3. The highest BCUT2D eigenvalue weighted by atomic mass is 32.2. The average Bonchev–Trinajstić information content (AvgIpc) is 2.65. The highest BCUT2D eigenvalue weighted by Gasteiger charge is 2.17. The topological polar surface area (TPSA) is 58.6 Å². The van der Waals surface area contributed by atoms with Crippen LogP contribution >= 0.6 is 0 Å². The minimum absolute atomic E-state index is 0.323. The molecule has 140 valence electrons. The van der Waals surface area contributed by atoms with E-state index >= 15 is 0 Å². The Kier molecular flexibility index (Phi) is 5.96. The van der Waals surface area contributed by atoms with Crippen molar-refractivity contribution >= 4 is 10.0 Å². The van der Waals surface area contributed by atoms with E-state index in [2.05, 4.69) is 21.8 Å². The minimum Gasteiger partial charge on any atom is -0.497 e. The molecule has 0 atom stereocenters. The number of sulfonamides is 1. The zero-order chi connectivity index (χ0) is 18.6. The Labute approximate surface area is 156 Å². The molecule has 0 amide bonds. The number of ether oxygens (including phenoxy) is 1. The maximum absolute atomic E-state index is 12.3. The fraction of sp³-hybridized carbons (Fsp3) is 0.400. The number of benzene rings is 2. The lowest BCUT2D eigenvalue weighted by molar-refractivity contribution is 0.251. The molecule has 5 nitrogen and oxygen atoms in total. The third kappa shape index (κ3) is 4.63. The molecule has 1 aliphatic rings. The maximum atomic E-state index is 12.3. The lowest BCUT2D eigenvalue weighted by atomic mass is 9.99. The summed E-state index contributed by atoms with van der Waals surface area (Å²) in [5.74, 6) is 0.905. The molecule has 0 saturated heterocycles. The molecule has 1 N–H and O–H groups in total. The van der Waals surface area contributed by atoms with Gasteiger partial charge in [-0.15, -0.1) is 0 Å². The second kappa shape index (κ2) is 8.20. The zero-order valence-electron chi connectivity index (χ0n) is 15.4. The van der Waals surface area contributed by atoms with Crippen LogP contribution in [0.3, 0.4) is 0 Å². The van der Waals surface area contributed by atoms with Gasteiger partial charge in [-0.1, -0.05) is 23.8 Å². The summed E-state index contributed by atoms with van der Waals surface area (Å²) >= 11 is 0. The van der Waals surface area contributed by atoms with Crippen molar-refractivity contribution in [3.63, 3.8) is 0 Å². The van der Waals surface area contributed by atoms with Gasteiger partial charge in [0.2, 0.25) is 10.0 Å². The molecule has 0 radical (unpaired) electrons. The van der Waals surface area contributed by atoms with Crippen LogP contribution in [0.25, 0.3) is 0 Å². The van der Waals surface area contributed by atoms with Crippen molar-refractivity contribution in [2.24, 2.45) is 0 Å². The van der Waals surface area contributed by atoms with Gasteiger partial charge in [0.1, 0.15) is 5.75 Å². The Morgan fingerprint density at radius 3 is 2.62 bits per heavy atom. The van der Waals surface area contributed by atoms with Gasteiger partial charge in [-0.2, -0.15) is 0 Å². The summed E-state index contributed by atoms with van der Waals surface area (Å²) < 4.78 is 32.5. The fourth-order valence-electron chi connectivity index (χ4n) is 3.22. The maximum Gasteiger partial charge on any atom is 0.240 e. The monoisotopic (exact) mass is 374 g/mol. The third-order valence-corrected chi connectivity index (χ3v) is 6.26. The first-order valence-corrected chi connectivity index (χ1v) is 10.4. The number of nitrogens with one attached hydrogen (secondary N) is 1. The predicted molar refractivity (Wildman–Crippen MR) is 103 cm³/mol. The molecule has 1 heterocycles. The van der Waals surface area contributed by atoms with E-state index < -0.39 is 10.0 Å². The van der Waals surface area contributed by atoms with Crippen molar-refractivity contribution in [2.75, 3.05) is 26.7 Å². The molecule has 6 heteroatoms. The Morgan fingerprint density at radius 2 is 1.88 bits per heavy atom. The molecule has 26 heavy (non-hydrogen) atoms. The van der Waals surface area contributed by atoms with Crippen LogP contribution in [-0.4, -0.2) is 40.1 Å². The highest BCUT2D eigenvalue weighted by molar-refractivity contribution is 7.89. The normalized spacial score (nSPS) is 14.8. The molecule has 2 aromatic carbocycles. The van der Waals surface area contributed by atoms with Crippen LogP contribution in [0.1, 0.15) is 23.1 Å². The van der Waals surface area contributed by atoms with Gasteiger partial charge in [-0.05, 0) is 61.7 Å². The van der Waals surface area contributed by atoms with Crippen LogP contribution in [0.5, 0.6) is 5.75 Å². The van der Waals surface area contributed by atoms with Gasteiger partial charge in [-0.3, -0.25) is 4.90 Å². The number of aryl methyl sites for hydroxylation is 1. The fourth-order valence-corrected chi connectivity index (χ4v) is 4.29. The van der Waals surface area contributed by atoms with Gasteiger partial charge in [0.05, 0.1) is 12.0 Å². The molecular weight excluding hydrogens is 348 g/mol. The van der Waals surface area contributed by atoms with E-state index in [1.165, 1.54) is 11.1 Å². The molecule has 1 aliphatic heterocycles. The van der Waals surface area contributed by atoms with E-state index in [9.17, 15) is 8.42 Å². The van der Waals surface area contributed by atoms with Gasteiger partial charge >= 0.3 is 0 Å². The van der Waals surface area contributed by atoms with Gasteiger partial charge in [-0.25, -0.2) is 13.1 Å². The van der Waals surface area contributed by atoms with Crippen LogP contribution in [0.4, 0.5) is 0 Å². The van der Waals surface area contributed by atoms with Crippen LogP contribution in [0.2, 0.25) is 0 Å². The second-order valence-electron chi connectivity index (χ2n) is 6.73. The number of hydrogen-bond donors (Lipinski definition) is 1. The van der Waals surface area contributed by atoms with E-state index in [1.807, 2.05) is 25.1 Å². The van der Waals surface area contributed by atoms with Crippen molar-refractivity contribution < 1.29 is 13.2 Å². The number of methoxy groups -OCH3 is 1. The van der Waals surface area contributed by atoms with Crippen LogP contribution in [0.15, 0.2) is 47.4 Å². The predicted octanol–water partition coefficient (Wildman–Crippen LogP) is 2.73. The Bertz CT molecular complexity index is 848. The molecule has 0 saturated carbocycles. The largest absolute Gasteiger partial charge is 0.497 e. The van der Waals surface area contributed by atoms with Crippen molar-refractivity contribution in [3.05, 3.63) is 59.2 Å². The summed E-state index contributed by atoms with van der Waals surface area (Å²) in [5.41, 5.74) is 3.73. The SMILES string of the molecule is COc1ccc2c(c1)CCN(CCCNS(=O)(=O)c1ccc(C)cc1)C2. The van der Waals surface area contributed by atoms with E-state index in [0.717, 1.165) is 43.8 Å². The van der Waals surface area contributed by atoms with Crippen molar-refractivity contribution in [1.82, 2.24) is 9.62 Å². The molecule has 0 unspecified atom stereocenters. The molecule has 0 spiro atoms. The lowest BCUT2D eigenvalue weighted by Crippen LogP contribution is -2.33. The molecule has 2 aromatic rings. The third-order valence-electron chi connectivity index (χ3n) is 4.78. The second-order valence-corrected chi connectivity index (χ2v) is 8.49. The average molecular weight is 375 g/mol. The van der Waals surface area contributed by atoms with Crippen molar-refractivity contribution in [2.45, 2.75) is 31.2 Å². The number of nitrogens with zero attached hydrogens (tertiary/aromatic N) is 1. The summed E-state index contributed by atoms with van der Waals surface area (Å²) in [5, 5.41) is 0. The van der Waals surface area contributed by atoms with E-state index in [0.29, 0.717) is 11.4 Å². The first-order valence-electron chi connectivity index (χ1n) is 8.92. The van der Waals surface area contributed by atoms with Gasteiger partial charge in [0.25, 0.3) is 0 Å². The van der Waals surface area contributed by atoms with Crippen LogP contribution < -0.4 is 9.46 Å². The molecule has 0 aromatic heterocycles. The minimum atomic E-state index is -3.42. The summed E-state index contributed by atoms with van der Waals surface area (Å²) in [6.45, 7) is 5.16. The highest BCUT2D eigenvalue weighted by Crippen LogP contribution is 2.23. The van der Waals surface area contributed by atoms with Crippen molar-refractivity contribution in [3.8, 4) is 5.75 Å². The molecule has 0 bridgehead atoms. The van der Waals surface area contributed by atoms with Crippen LogP contribution in [0, 0.1) is 6.92 Å². The summed E-state index contributed by atoms with van der Waals surface area (Å²) in [6.07, 6.45) is 1.79. The Morgan fingerprint density at radius 1 is 1.12 bits per heavy atom. The summed E-state index contributed by atoms with van der Waals surface area (Å²) in [6, 6.07) is 13.2.